The van der Waals surface area contributed by atoms with E-state index in [1.807, 2.05) is 49.6 Å². The molecule has 0 saturated heterocycles. The van der Waals surface area contributed by atoms with E-state index in [4.69, 9.17) is 9.72 Å². The van der Waals surface area contributed by atoms with Crippen molar-refractivity contribution >= 4 is 17.0 Å². The third-order valence-corrected chi connectivity index (χ3v) is 4.42. The molecule has 2 aromatic rings. The highest BCUT2D eigenvalue weighted by Crippen LogP contribution is 2.18. The van der Waals surface area contributed by atoms with Gasteiger partial charge in [0.25, 0.3) is 5.56 Å². The van der Waals surface area contributed by atoms with Crippen LogP contribution in [0.15, 0.2) is 29.1 Å². The van der Waals surface area contributed by atoms with Gasteiger partial charge in [0.05, 0.1) is 10.9 Å². The summed E-state index contributed by atoms with van der Waals surface area (Å²) in [5, 5.41) is 0.658. The Morgan fingerprint density at radius 3 is 2.38 bits per heavy atom. The van der Waals surface area contributed by atoms with Crippen molar-refractivity contribution < 1.29 is 9.53 Å². The van der Waals surface area contributed by atoms with Crippen LogP contribution in [0.5, 0.6) is 0 Å². The van der Waals surface area contributed by atoms with Crippen molar-refractivity contribution in [2.75, 3.05) is 13.6 Å². The molecule has 0 bridgehead atoms. The monoisotopic (exact) mass is 401 g/mol. The van der Waals surface area contributed by atoms with Crippen LogP contribution in [-0.2, 0) is 17.7 Å². The molecular weight excluding hydrogens is 366 g/mol. The van der Waals surface area contributed by atoms with Gasteiger partial charge in [0.2, 0.25) is 0 Å². The van der Waals surface area contributed by atoms with Crippen molar-refractivity contribution in [2.45, 2.75) is 73.0 Å². The molecule has 6 heteroatoms. The van der Waals surface area contributed by atoms with Crippen molar-refractivity contribution in [2.24, 2.45) is 5.41 Å². The lowest BCUT2D eigenvalue weighted by atomic mass is 9.96. The largest absolute Gasteiger partial charge is 0.444 e. The summed E-state index contributed by atoms with van der Waals surface area (Å²) in [6, 6.07) is 7.50. The molecule has 0 saturated carbocycles. The Morgan fingerprint density at radius 1 is 1.10 bits per heavy atom. The summed E-state index contributed by atoms with van der Waals surface area (Å²) in [4.78, 5) is 31.5. The summed E-state index contributed by atoms with van der Waals surface area (Å²) in [5.74, 6) is 0.809. The van der Waals surface area contributed by atoms with Crippen molar-refractivity contribution in [3.05, 3.63) is 40.4 Å². The zero-order valence-electron chi connectivity index (χ0n) is 18.9. The molecule has 2 rings (SSSR count). The van der Waals surface area contributed by atoms with Crippen molar-refractivity contribution in [1.29, 1.82) is 0 Å². The minimum absolute atomic E-state index is 0.0198. The first-order chi connectivity index (χ1) is 13.4. The maximum Gasteiger partial charge on any atom is 0.410 e. The molecular formula is C23H35N3O3. The lowest BCUT2D eigenvalue weighted by molar-refractivity contribution is 0.0296. The van der Waals surface area contributed by atoms with Gasteiger partial charge in [-0.15, -0.1) is 0 Å². The Hall–Kier alpha value is -2.37. The van der Waals surface area contributed by atoms with E-state index in [0.717, 1.165) is 24.2 Å². The molecule has 29 heavy (non-hydrogen) atoms. The molecule has 160 valence electrons. The molecule has 0 N–H and O–H groups in total. The van der Waals surface area contributed by atoms with Crippen LogP contribution < -0.4 is 5.56 Å². The maximum atomic E-state index is 13.0. The fraction of sp³-hybridized carbons (Fsp3) is 0.609. The van der Waals surface area contributed by atoms with Gasteiger partial charge in [-0.25, -0.2) is 9.78 Å². The standard InChI is InChI=1S/C23H35N3O3/c1-22(2,3)16-26-19(24-18-13-9-8-12-17(18)20(26)27)14-10-11-15-25(7)21(28)29-23(4,5)6/h8-9,12-13H,10-11,14-16H2,1-7H3. The van der Waals surface area contributed by atoms with Gasteiger partial charge in [0, 0.05) is 26.6 Å². The van der Waals surface area contributed by atoms with Crippen LogP contribution >= 0.6 is 0 Å². The highest BCUT2D eigenvalue weighted by atomic mass is 16.6. The first kappa shape index (κ1) is 22.9. The van der Waals surface area contributed by atoms with Gasteiger partial charge < -0.3 is 9.64 Å². The number of fused-ring (bicyclic) bond motifs is 1. The summed E-state index contributed by atoms with van der Waals surface area (Å²) >= 11 is 0. The predicted octanol–water partition coefficient (Wildman–Crippen LogP) is 4.63. The van der Waals surface area contributed by atoms with Crippen molar-refractivity contribution in [3.63, 3.8) is 0 Å². The number of hydrogen-bond donors (Lipinski definition) is 0. The quantitative estimate of drug-likeness (QED) is 0.662. The summed E-state index contributed by atoms with van der Waals surface area (Å²) in [7, 11) is 1.75. The summed E-state index contributed by atoms with van der Waals surface area (Å²) < 4.78 is 7.20. The SMILES string of the molecule is CN(CCCCc1nc2ccccc2c(=O)n1CC(C)(C)C)C(=O)OC(C)(C)C. The number of nitrogens with zero attached hydrogens (tertiary/aromatic N) is 3. The van der Waals surface area contributed by atoms with E-state index < -0.39 is 5.60 Å². The molecule has 1 amide bonds. The third-order valence-electron chi connectivity index (χ3n) is 4.42. The van der Waals surface area contributed by atoms with Crippen LogP contribution in [0.25, 0.3) is 10.9 Å². The first-order valence-corrected chi connectivity index (χ1v) is 10.3. The molecule has 6 nitrogen and oxygen atoms in total. The summed E-state index contributed by atoms with van der Waals surface area (Å²) in [6.07, 6.45) is 2.03. The summed E-state index contributed by atoms with van der Waals surface area (Å²) in [5.41, 5.74) is 0.234. The second-order valence-electron chi connectivity index (χ2n) is 9.86. The van der Waals surface area contributed by atoms with Crippen molar-refractivity contribution in [1.82, 2.24) is 14.5 Å². The van der Waals surface area contributed by atoms with E-state index in [1.54, 1.807) is 11.9 Å². The number of aryl methyl sites for hydroxylation is 1. The predicted molar refractivity (Wildman–Crippen MR) is 117 cm³/mol. The third kappa shape index (κ3) is 6.87. The number of hydrogen-bond acceptors (Lipinski definition) is 4. The minimum atomic E-state index is -0.497. The van der Waals surface area contributed by atoms with Gasteiger partial charge >= 0.3 is 6.09 Å². The van der Waals surface area contributed by atoms with Gasteiger partial charge in [-0.05, 0) is 51.2 Å². The summed E-state index contributed by atoms with van der Waals surface area (Å²) in [6.45, 7) is 13.2. The van der Waals surface area contributed by atoms with Gasteiger partial charge in [-0.3, -0.25) is 9.36 Å². The average molecular weight is 402 g/mol. The number of benzene rings is 1. The average Bonchev–Trinajstić information content (AvgIpc) is 2.59. The highest BCUT2D eigenvalue weighted by Gasteiger charge is 2.20. The van der Waals surface area contributed by atoms with Crippen LogP contribution in [-0.4, -0.2) is 39.7 Å². The van der Waals surface area contributed by atoms with E-state index in [-0.39, 0.29) is 17.1 Å². The van der Waals surface area contributed by atoms with Crippen LogP contribution in [0.2, 0.25) is 0 Å². The zero-order valence-corrected chi connectivity index (χ0v) is 18.9. The molecule has 1 aromatic heterocycles. The van der Waals surface area contributed by atoms with Gasteiger partial charge in [-0.1, -0.05) is 32.9 Å². The number of amides is 1. The lowest BCUT2D eigenvalue weighted by Crippen LogP contribution is -2.34. The second-order valence-corrected chi connectivity index (χ2v) is 9.86. The van der Waals surface area contributed by atoms with Gasteiger partial charge in [0.1, 0.15) is 11.4 Å². The number of ether oxygens (including phenoxy) is 1. The topological polar surface area (TPSA) is 64.4 Å². The number of aromatic nitrogens is 2. The Labute approximate surface area is 173 Å². The molecule has 1 heterocycles. The molecule has 0 radical (unpaired) electrons. The second kappa shape index (κ2) is 8.97. The Bertz CT molecular complexity index is 904. The Kier molecular flexibility index (Phi) is 7.09. The normalized spacial score (nSPS) is 12.2. The van der Waals surface area contributed by atoms with E-state index >= 15 is 0 Å². The molecule has 0 fully saturated rings. The Balaban J connectivity index is 2.10. The molecule has 0 spiro atoms. The van der Waals surface area contributed by atoms with Crippen molar-refractivity contribution in [3.8, 4) is 0 Å². The fourth-order valence-corrected chi connectivity index (χ4v) is 3.11. The maximum absolute atomic E-state index is 13.0. The molecule has 1 aromatic carbocycles. The van der Waals surface area contributed by atoms with E-state index in [2.05, 4.69) is 20.8 Å². The number of carbonyl (C=O) groups excluding carboxylic acids is 1. The fourth-order valence-electron chi connectivity index (χ4n) is 3.11. The van der Waals surface area contributed by atoms with Crippen LogP contribution in [0.3, 0.4) is 0 Å². The number of unbranched alkanes of at least 4 members (excludes halogenated alkanes) is 1. The number of carbonyl (C=O) groups is 1. The minimum Gasteiger partial charge on any atom is -0.444 e. The molecule has 0 unspecified atom stereocenters. The first-order valence-electron chi connectivity index (χ1n) is 10.3. The number of rotatable bonds is 6. The van der Waals surface area contributed by atoms with Crippen LogP contribution in [0, 0.1) is 5.41 Å². The smallest absolute Gasteiger partial charge is 0.410 e. The number of para-hydroxylation sites is 1. The molecule has 0 aliphatic carbocycles. The van der Waals surface area contributed by atoms with E-state index in [9.17, 15) is 9.59 Å². The lowest BCUT2D eigenvalue weighted by Gasteiger charge is -2.25. The van der Waals surface area contributed by atoms with E-state index in [1.165, 1.54) is 0 Å². The highest BCUT2D eigenvalue weighted by molar-refractivity contribution is 5.77. The van der Waals surface area contributed by atoms with Gasteiger partial charge in [0.15, 0.2) is 0 Å². The van der Waals surface area contributed by atoms with Crippen LogP contribution in [0.1, 0.15) is 60.2 Å². The molecule has 0 atom stereocenters. The zero-order chi connectivity index (χ0) is 21.8. The molecule has 0 aliphatic heterocycles. The molecule has 0 aliphatic rings. The van der Waals surface area contributed by atoms with Crippen LogP contribution in [0.4, 0.5) is 4.79 Å². The Morgan fingerprint density at radius 2 is 1.76 bits per heavy atom. The van der Waals surface area contributed by atoms with Gasteiger partial charge in [-0.2, -0.15) is 0 Å². The van der Waals surface area contributed by atoms with E-state index in [0.29, 0.717) is 24.9 Å².